The molecule has 0 aliphatic heterocycles. The molecule has 0 saturated heterocycles. The van der Waals surface area contributed by atoms with Crippen LogP contribution in [-0.4, -0.2) is 16.2 Å². The van der Waals surface area contributed by atoms with Crippen LogP contribution < -0.4 is 0 Å². The van der Waals surface area contributed by atoms with Crippen LogP contribution in [0.3, 0.4) is 0 Å². The second kappa shape index (κ2) is 6.14. The van der Waals surface area contributed by atoms with Gasteiger partial charge in [-0.05, 0) is 74.3 Å². The molecular weight excluding hydrogens is 356 g/mol. The van der Waals surface area contributed by atoms with Crippen LogP contribution in [0.5, 0.6) is 5.75 Å². The second-order valence-electron chi connectivity index (χ2n) is 8.60. The zero-order valence-corrected chi connectivity index (χ0v) is 15.9. The standard InChI is InChI=1S/C23H22O3S/c24-20-18(7-6-14-4-2-1-3-5-14)27-21(22(25)26)19(20)23-11-15-8-16(12-23)10-17(9-15)13-23/h1-5,15-17,24H,8-13H2,(H,25,26). The summed E-state index contributed by atoms with van der Waals surface area (Å²) in [7, 11) is 0. The quantitative estimate of drug-likeness (QED) is 0.722. The first-order chi connectivity index (χ1) is 13.0. The molecule has 2 aromatic rings. The van der Waals surface area contributed by atoms with Gasteiger partial charge < -0.3 is 10.2 Å². The molecule has 2 N–H and O–H groups in total. The third-order valence-corrected chi connectivity index (χ3v) is 7.82. The predicted molar refractivity (Wildman–Crippen MR) is 105 cm³/mol. The van der Waals surface area contributed by atoms with Crippen LogP contribution in [0.1, 0.15) is 64.2 Å². The van der Waals surface area contributed by atoms with Crippen LogP contribution in [0.2, 0.25) is 0 Å². The fourth-order valence-electron chi connectivity index (χ4n) is 6.22. The Hall–Kier alpha value is -2.25. The molecule has 27 heavy (non-hydrogen) atoms. The molecule has 0 spiro atoms. The largest absolute Gasteiger partial charge is 0.505 e. The molecule has 0 atom stereocenters. The maximum Gasteiger partial charge on any atom is 0.346 e. The van der Waals surface area contributed by atoms with Gasteiger partial charge >= 0.3 is 5.97 Å². The summed E-state index contributed by atoms with van der Waals surface area (Å²) in [6, 6.07) is 9.59. The van der Waals surface area contributed by atoms with E-state index < -0.39 is 5.97 Å². The van der Waals surface area contributed by atoms with Crippen molar-refractivity contribution in [3.05, 3.63) is 51.2 Å². The van der Waals surface area contributed by atoms with E-state index in [1.165, 1.54) is 19.3 Å². The minimum atomic E-state index is -0.936. The first-order valence-corrected chi connectivity index (χ1v) is 10.5. The molecule has 4 saturated carbocycles. The summed E-state index contributed by atoms with van der Waals surface area (Å²) in [5.74, 6) is 7.36. The SMILES string of the molecule is O=C(O)c1sc(C#Cc2ccccc2)c(O)c1C12CC3CC(CC(C3)C1)C2. The number of hydrogen-bond donors (Lipinski definition) is 2. The van der Waals surface area contributed by atoms with Gasteiger partial charge in [0, 0.05) is 16.5 Å². The van der Waals surface area contributed by atoms with E-state index in [0.29, 0.717) is 33.1 Å². The van der Waals surface area contributed by atoms with Crippen molar-refractivity contribution < 1.29 is 15.0 Å². The third kappa shape index (κ3) is 2.76. The van der Waals surface area contributed by atoms with Gasteiger partial charge in [-0.3, -0.25) is 0 Å². The zero-order valence-electron chi connectivity index (χ0n) is 15.1. The van der Waals surface area contributed by atoms with Crippen molar-refractivity contribution >= 4 is 17.3 Å². The highest BCUT2D eigenvalue weighted by Gasteiger charge is 2.54. The minimum Gasteiger partial charge on any atom is -0.505 e. The third-order valence-electron chi connectivity index (χ3n) is 6.74. The average molecular weight is 378 g/mol. The molecule has 4 fully saturated rings. The highest BCUT2D eigenvalue weighted by Crippen LogP contribution is 2.63. The number of carboxylic acids is 1. The fourth-order valence-corrected chi connectivity index (χ4v) is 7.22. The predicted octanol–water partition coefficient (Wildman–Crippen LogP) is 5.02. The van der Waals surface area contributed by atoms with Crippen LogP contribution in [0.15, 0.2) is 30.3 Å². The Morgan fingerprint density at radius 2 is 1.59 bits per heavy atom. The van der Waals surface area contributed by atoms with Crippen molar-refractivity contribution in [2.75, 3.05) is 0 Å². The van der Waals surface area contributed by atoms with Crippen molar-refractivity contribution in [2.45, 2.75) is 43.9 Å². The van der Waals surface area contributed by atoms with Crippen LogP contribution in [0, 0.1) is 29.6 Å². The summed E-state index contributed by atoms with van der Waals surface area (Å²) in [4.78, 5) is 12.8. The van der Waals surface area contributed by atoms with Crippen LogP contribution in [0.4, 0.5) is 0 Å². The summed E-state index contributed by atoms with van der Waals surface area (Å²) in [5.41, 5.74) is 1.39. The number of aromatic hydroxyl groups is 1. The van der Waals surface area contributed by atoms with Crippen molar-refractivity contribution in [1.29, 1.82) is 0 Å². The minimum absolute atomic E-state index is 0.128. The zero-order chi connectivity index (χ0) is 18.6. The van der Waals surface area contributed by atoms with Crippen LogP contribution >= 0.6 is 11.3 Å². The summed E-state index contributed by atoms with van der Waals surface area (Å²) < 4.78 is 0. The van der Waals surface area contributed by atoms with Gasteiger partial charge in [-0.25, -0.2) is 4.79 Å². The molecule has 1 heterocycles. The van der Waals surface area contributed by atoms with Gasteiger partial charge in [-0.15, -0.1) is 11.3 Å². The lowest BCUT2D eigenvalue weighted by Gasteiger charge is -2.57. The lowest BCUT2D eigenvalue weighted by Crippen LogP contribution is -2.48. The van der Waals surface area contributed by atoms with E-state index >= 15 is 0 Å². The molecule has 4 aliphatic rings. The van der Waals surface area contributed by atoms with Crippen LogP contribution in [-0.2, 0) is 5.41 Å². The van der Waals surface area contributed by atoms with E-state index in [1.54, 1.807) is 0 Å². The van der Waals surface area contributed by atoms with E-state index in [1.807, 2.05) is 30.3 Å². The molecule has 0 amide bonds. The van der Waals surface area contributed by atoms with E-state index in [4.69, 9.17) is 0 Å². The van der Waals surface area contributed by atoms with Gasteiger partial charge in [0.05, 0.1) is 0 Å². The molecule has 4 bridgehead atoms. The van der Waals surface area contributed by atoms with Gasteiger partial charge in [-0.2, -0.15) is 0 Å². The van der Waals surface area contributed by atoms with Gasteiger partial charge in [0.25, 0.3) is 0 Å². The van der Waals surface area contributed by atoms with Gasteiger partial charge in [0.2, 0.25) is 0 Å². The summed E-state index contributed by atoms with van der Waals surface area (Å²) in [5, 5.41) is 20.9. The first-order valence-electron chi connectivity index (χ1n) is 9.71. The number of carbonyl (C=O) groups is 1. The first kappa shape index (κ1) is 16.9. The number of benzene rings is 1. The molecule has 4 aliphatic carbocycles. The van der Waals surface area contributed by atoms with Gasteiger partial charge in [0.1, 0.15) is 15.5 Å². The Balaban J connectivity index is 1.60. The highest BCUT2D eigenvalue weighted by atomic mass is 32.1. The Morgan fingerprint density at radius 3 is 2.15 bits per heavy atom. The van der Waals surface area contributed by atoms with Crippen LogP contribution in [0.25, 0.3) is 0 Å². The smallest absolute Gasteiger partial charge is 0.346 e. The molecule has 0 radical (unpaired) electrons. The Bertz CT molecular complexity index is 925. The van der Waals surface area contributed by atoms with E-state index in [-0.39, 0.29) is 11.2 Å². The molecule has 1 aromatic carbocycles. The summed E-state index contributed by atoms with van der Waals surface area (Å²) >= 11 is 1.14. The second-order valence-corrected chi connectivity index (χ2v) is 9.62. The maximum absolute atomic E-state index is 12.0. The number of aromatic carboxylic acids is 1. The molecule has 0 unspecified atom stereocenters. The molecule has 4 heteroatoms. The Morgan fingerprint density at radius 1 is 1.00 bits per heavy atom. The fraction of sp³-hybridized carbons (Fsp3) is 0.435. The average Bonchev–Trinajstić information content (AvgIpc) is 2.97. The number of hydrogen-bond acceptors (Lipinski definition) is 3. The summed E-state index contributed by atoms with van der Waals surface area (Å²) in [6.07, 6.45) is 6.92. The van der Waals surface area contributed by atoms with Crippen molar-refractivity contribution in [2.24, 2.45) is 17.8 Å². The summed E-state index contributed by atoms with van der Waals surface area (Å²) in [6.45, 7) is 0. The molecule has 138 valence electrons. The van der Waals surface area contributed by atoms with E-state index in [0.717, 1.165) is 36.2 Å². The molecule has 1 aromatic heterocycles. The van der Waals surface area contributed by atoms with Gasteiger partial charge in [0.15, 0.2) is 0 Å². The van der Waals surface area contributed by atoms with Crippen molar-refractivity contribution in [1.82, 2.24) is 0 Å². The molecule has 3 nitrogen and oxygen atoms in total. The number of rotatable bonds is 2. The Kier molecular flexibility index (Phi) is 3.84. The van der Waals surface area contributed by atoms with Crippen molar-refractivity contribution in [3.8, 4) is 17.6 Å². The van der Waals surface area contributed by atoms with E-state index in [9.17, 15) is 15.0 Å². The maximum atomic E-state index is 12.0. The monoisotopic (exact) mass is 378 g/mol. The molecule has 6 rings (SSSR count). The lowest BCUT2D eigenvalue weighted by molar-refractivity contribution is -0.00650. The topological polar surface area (TPSA) is 57.5 Å². The number of thiophene rings is 1. The number of carboxylic acid groups (broad SMARTS) is 1. The lowest BCUT2D eigenvalue weighted by atomic mass is 9.48. The normalized spacial score (nSPS) is 30.7. The Labute approximate surface area is 163 Å². The van der Waals surface area contributed by atoms with Gasteiger partial charge in [-0.1, -0.05) is 24.1 Å². The van der Waals surface area contributed by atoms with E-state index in [2.05, 4.69) is 11.8 Å². The molecular formula is C23H22O3S. The van der Waals surface area contributed by atoms with Crippen molar-refractivity contribution in [3.63, 3.8) is 0 Å². The highest BCUT2D eigenvalue weighted by molar-refractivity contribution is 7.15.